The molecule has 0 rings (SSSR count). The molecule has 0 atom stereocenters. The third-order valence-electron chi connectivity index (χ3n) is 3.20. The fourth-order valence-corrected chi connectivity index (χ4v) is 6.03. The Balaban J connectivity index is 0. The minimum Gasteiger partial charge on any atom is -0.400 e. The van der Waals surface area contributed by atoms with E-state index in [1.54, 1.807) is 14.2 Å². The van der Waals surface area contributed by atoms with E-state index in [4.69, 9.17) is 33.6 Å². The lowest BCUT2D eigenvalue weighted by Crippen LogP contribution is -2.46. The summed E-state index contributed by atoms with van der Waals surface area (Å²) in [6.45, 7) is 9.22. The summed E-state index contributed by atoms with van der Waals surface area (Å²) >= 11 is 0. The number of unbranched alkanes of at least 4 members (excludes halogenated alkanes) is 1. The van der Waals surface area contributed by atoms with E-state index in [1.165, 1.54) is 0 Å². The van der Waals surface area contributed by atoms with E-state index < -0.39 is 18.1 Å². The molecule has 0 aliphatic rings. The monoisotopic (exact) mass is 384 g/mol. The molecule has 0 fully saturated rings. The lowest BCUT2D eigenvalue weighted by Gasteiger charge is -2.28. The zero-order valence-corrected chi connectivity index (χ0v) is 18.5. The van der Waals surface area contributed by atoms with Crippen LogP contribution in [-0.4, -0.2) is 65.2 Å². The summed E-state index contributed by atoms with van der Waals surface area (Å²) < 4.78 is 27.2. The van der Waals surface area contributed by atoms with E-state index in [1.807, 2.05) is 20.8 Å². The molecule has 0 amide bonds. The second kappa shape index (κ2) is 19.5. The molecule has 0 saturated carbocycles. The van der Waals surface area contributed by atoms with Crippen LogP contribution in [0.25, 0.3) is 0 Å². The highest BCUT2D eigenvalue weighted by Crippen LogP contribution is 2.17. The first-order chi connectivity index (χ1) is 11.6. The summed E-state index contributed by atoms with van der Waals surface area (Å²) in [7, 11) is -0.253. The average molecular weight is 385 g/mol. The number of nitrogens with two attached hydrogens (primary N) is 2. The Morgan fingerprint density at radius 3 is 1.54 bits per heavy atom. The number of rotatable bonds is 15. The molecule has 0 aliphatic carbocycles. The molecule has 0 aliphatic heterocycles. The quantitative estimate of drug-likeness (QED) is 0.327. The van der Waals surface area contributed by atoms with Crippen molar-refractivity contribution in [2.24, 2.45) is 11.5 Å². The van der Waals surface area contributed by atoms with Crippen LogP contribution in [0.1, 0.15) is 40.0 Å². The van der Waals surface area contributed by atoms with E-state index in [0.717, 1.165) is 37.9 Å². The van der Waals surface area contributed by atoms with Gasteiger partial charge in [-0.2, -0.15) is 0 Å². The largest absolute Gasteiger partial charge is 0.500 e. The standard InChI is InChI=1S/C9H23NO3Si.C6H17NO2Si/c1-4-11-14(12-5-2,13-6-3)9-7-8-10;1-8-10(9-2)6-4-3-5-7/h4-10H2,1-3H3;10H,3-7H2,1-2H3. The Kier molecular flexibility index (Phi) is 21.4. The Morgan fingerprint density at radius 1 is 0.750 bits per heavy atom. The van der Waals surface area contributed by atoms with E-state index in [9.17, 15) is 0 Å². The fourth-order valence-electron chi connectivity index (χ4n) is 2.11. The predicted molar refractivity (Wildman–Crippen MR) is 103 cm³/mol. The highest BCUT2D eigenvalue weighted by atomic mass is 28.4. The zero-order valence-electron chi connectivity index (χ0n) is 16.3. The Morgan fingerprint density at radius 2 is 1.21 bits per heavy atom. The SMILES string of the molecule is CCO[Si](CCCN)(OCC)OCC.CO[SiH](CCCCN)OC. The van der Waals surface area contributed by atoms with Crippen LogP contribution < -0.4 is 11.5 Å². The third-order valence-corrected chi connectivity index (χ3v) is 8.28. The van der Waals surface area contributed by atoms with Gasteiger partial charge in [0.05, 0.1) is 0 Å². The second-order valence-corrected chi connectivity index (χ2v) is 10.2. The normalized spacial score (nSPS) is 11.5. The van der Waals surface area contributed by atoms with Gasteiger partial charge >= 0.3 is 18.1 Å². The minimum absolute atomic E-state index is 0.636. The van der Waals surface area contributed by atoms with Gasteiger partial charge in [0, 0.05) is 40.1 Å². The molecule has 0 aromatic rings. The van der Waals surface area contributed by atoms with Crippen molar-refractivity contribution >= 4 is 18.1 Å². The maximum atomic E-state index is 5.65. The molecule has 148 valence electrons. The first kappa shape index (κ1) is 26.4. The Hall–Kier alpha value is 0.154. The summed E-state index contributed by atoms with van der Waals surface area (Å²) in [6.07, 6.45) is 3.11. The van der Waals surface area contributed by atoms with E-state index in [2.05, 4.69) is 0 Å². The lowest BCUT2D eigenvalue weighted by molar-refractivity contribution is 0.0710. The minimum atomic E-state index is -2.40. The summed E-state index contributed by atoms with van der Waals surface area (Å²) in [5.74, 6) is 0. The van der Waals surface area contributed by atoms with Gasteiger partial charge in [-0.1, -0.05) is 6.42 Å². The third kappa shape index (κ3) is 14.5. The van der Waals surface area contributed by atoms with Crippen LogP contribution in [0.15, 0.2) is 0 Å². The molecule has 0 saturated heterocycles. The van der Waals surface area contributed by atoms with Gasteiger partial charge in [-0.25, -0.2) is 0 Å². The van der Waals surface area contributed by atoms with Crippen molar-refractivity contribution in [2.45, 2.75) is 52.1 Å². The predicted octanol–water partition coefficient (Wildman–Crippen LogP) is 1.62. The van der Waals surface area contributed by atoms with Gasteiger partial charge in [0.1, 0.15) is 0 Å². The van der Waals surface area contributed by atoms with Crippen LogP contribution in [0.4, 0.5) is 0 Å². The molecule has 24 heavy (non-hydrogen) atoms. The van der Waals surface area contributed by atoms with E-state index >= 15 is 0 Å². The van der Waals surface area contributed by atoms with Gasteiger partial charge in [0.2, 0.25) is 0 Å². The van der Waals surface area contributed by atoms with Gasteiger partial charge in [0.15, 0.2) is 0 Å². The fraction of sp³-hybridized carbons (Fsp3) is 1.00. The molecule has 4 N–H and O–H groups in total. The molecule has 0 heterocycles. The van der Waals surface area contributed by atoms with Crippen LogP contribution in [0, 0.1) is 0 Å². The molecule has 7 nitrogen and oxygen atoms in total. The van der Waals surface area contributed by atoms with Crippen LogP contribution in [0.2, 0.25) is 12.1 Å². The maximum absolute atomic E-state index is 5.65. The second-order valence-electron chi connectivity index (χ2n) is 5.06. The van der Waals surface area contributed by atoms with Crippen molar-refractivity contribution < 1.29 is 22.1 Å². The van der Waals surface area contributed by atoms with Crippen molar-refractivity contribution in [2.75, 3.05) is 47.1 Å². The van der Waals surface area contributed by atoms with Crippen molar-refractivity contribution in [3.63, 3.8) is 0 Å². The maximum Gasteiger partial charge on any atom is 0.500 e. The molecule has 0 radical (unpaired) electrons. The van der Waals surface area contributed by atoms with E-state index in [0.29, 0.717) is 26.4 Å². The molecule has 0 spiro atoms. The van der Waals surface area contributed by atoms with Crippen molar-refractivity contribution in [1.29, 1.82) is 0 Å². The number of hydrogen-bond donors (Lipinski definition) is 2. The van der Waals surface area contributed by atoms with Crippen LogP contribution in [-0.2, 0) is 22.1 Å². The summed E-state index contributed by atoms with van der Waals surface area (Å²) in [6, 6.07) is 1.89. The average Bonchev–Trinajstić information content (AvgIpc) is 2.58. The zero-order chi connectivity index (χ0) is 18.7. The summed E-state index contributed by atoms with van der Waals surface area (Å²) in [5.41, 5.74) is 10.8. The topological polar surface area (TPSA) is 98.2 Å². The van der Waals surface area contributed by atoms with Gasteiger partial charge in [-0.3, -0.25) is 0 Å². The smallest absolute Gasteiger partial charge is 0.400 e. The van der Waals surface area contributed by atoms with Crippen molar-refractivity contribution in [3.05, 3.63) is 0 Å². The Labute approximate surface area is 151 Å². The lowest BCUT2D eigenvalue weighted by atomic mass is 10.3. The summed E-state index contributed by atoms with van der Waals surface area (Å²) in [4.78, 5) is 0. The van der Waals surface area contributed by atoms with Gasteiger partial charge in [-0.05, 0) is 52.7 Å². The van der Waals surface area contributed by atoms with E-state index in [-0.39, 0.29) is 0 Å². The molecule has 0 aromatic carbocycles. The highest BCUT2D eigenvalue weighted by molar-refractivity contribution is 6.60. The van der Waals surface area contributed by atoms with Gasteiger partial charge in [-0.15, -0.1) is 0 Å². The summed E-state index contributed by atoms with van der Waals surface area (Å²) in [5, 5.41) is 0. The first-order valence-corrected chi connectivity index (χ1v) is 12.7. The van der Waals surface area contributed by atoms with Crippen molar-refractivity contribution in [3.8, 4) is 0 Å². The van der Waals surface area contributed by atoms with Gasteiger partial charge < -0.3 is 33.6 Å². The molecular weight excluding hydrogens is 344 g/mol. The van der Waals surface area contributed by atoms with Gasteiger partial charge in [0.25, 0.3) is 0 Å². The first-order valence-electron chi connectivity index (χ1n) is 8.97. The number of hydrogen-bond acceptors (Lipinski definition) is 7. The highest BCUT2D eigenvalue weighted by Gasteiger charge is 2.39. The molecule has 0 bridgehead atoms. The molecular formula is C15H40N2O5Si2. The molecule has 9 heteroatoms. The van der Waals surface area contributed by atoms with Crippen LogP contribution in [0.5, 0.6) is 0 Å². The molecule has 0 unspecified atom stereocenters. The van der Waals surface area contributed by atoms with Crippen molar-refractivity contribution in [1.82, 2.24) is 0 Å². The van der Waals surface area contributed by atoms with Crippen LogP contribution in [0.3, 0.4) is 0 Å². The Bertz CT molecular complexity index is 233. The molecule has 0 aromatic heterocycles. The van der Waals surface area contributed by atoms with Crippen LogP contribution >= 0.6 is 0 Å².